The van der Waals surface area contributed by atoms with Gasteiger partial charge in [0, 0.05) is 10.5 Å². The van der Waals surface area contributed by atoms with Crippen LogP contribution in [0.4, 0.5) is 5.69 Å². The maximum atomic E-state index is 12.3. The molecular weight excluding hydrogens is 394 g/mol. The Morgan fingerprint density at radius 3 is 2.62 bits per heavy atom. The summed E-state index contributed by atoms with van der Waals surface area (Å²) in [6.07, 6.45) is 3.17. The number of hydrogen-bond acceptors (Lipinski definition) is 4. The number of nitrogens with one attached hydrogen (secondary N) is 1. The number of benzene rings is 2. The summed E-state index contributed by atoms with van der Waals surface area (Å²) in [5.41, 5.74) is 2.86. The third kappa shape index (κ3) is 4.36. The third-order valence-electron chi connectivity index (χ3n) is 4.26. The highest BCUT2D eigenvalue weighted by atomic mass is 79.9. The number of aromatic nitrogens is 3. The topological polar surface area (TPSA) is 63.1 Å². The Morgan fingerprint density at radius 2 is 1.96 bits per heavy atom. The Hall–Kier alpha value is -2.51. The molecule has 1 aromatic heterocycles. The maximum absolute atomic E-state index is 12.3. The van der Waals surface area contributed by atoms with E-state index < -0.39 is 0 Å². The van der Waals surface area contributed by atoms with Crippen molar-refractivity contribution in [1.29, 1.82) is 0 Å². The number of halogens is 1. The predicted molar refractivity (Wildman–Crippen MR) is 105 cm³/mol. The van der Waals surface area contributed by atoms with Crippen LogP contribution in [0.5, 0.6) is 0 Å². The van der Waals surface area contributed by atoms with Gasteiger partial charge in [-0.25, -0.2) is 9.67 Å². The predicted octanol–water partition coefficient (Wildman–Crippen LogP) is 3.66. The number of likely N-dealkylation sites (N-methyl/N-ethyl adjacent to an activating group) is 1. The van der Waals surface area contributed by atoms with Crippen molar-refractivity contribution in [2.45, 2.75) is 13.0 Å². The molecule has 7 heteroatoms. The van der Waals surface area contributed by atoms with Gasteiger partial charge in [-0.3, -0.25) is 9.69 Å². The third-order valence-corrected chi connectivity index (χ3v) is 4.95. The second-order valence-corrected chi connectivity index (χ2v) is 6.91. The number of carbonyl (C=O) groups is 1. The van der Waals surface area contributed by atoms with E-state index in [1.807, 2.05) is 60.5 Å². The number of para-hydroxylation sites is 1. The van der Waals surface area contributed by atoms with Gasteiger partial charge >= 0.3 is 0 Å². The van der Waals surface area contributed by atoms with Crippen LogP contribution in [0.15, 0.2) is 65.7 Å². The SMILES string of the molecule is C[C@H](c1ccc(-n2cncn2)cc1)N(C)CC(=O)Nc1ccccc1Br. The first-order valence-electron chi connectivity index (χ1n) is 8.24. The fourth-order valence-electron chi connectivity index (χ4n) is 2.62. The highest BCUT2D eigenvalue weighted by Gasteiger charge is 2.15. The number of carbonyl (C=O) groups excluding carboxylic acids is 1. The molecule has 0 fully saturated rings. The first-order chi connectivity index (χ1) is 12.5. The molecule has 0 unspecified atom stereocenters. The molecule has 0 aliphatic carbocycles. The first-order valence-corrected chi connectivity index (χ1v) is 9.03. The highest BCUT2D eigenvalue weighted by Crippen LogP contribution is 2.22. The molecule has 0 saturated heterocycles. The van der Waals surface area contributed by atoms with Crippen LogP contribution in [-0.2, 0) is 4.79 Å². The Balaban J connectivity index is 1.61. The molecule has 1 amide bonds. The van der Waals surface area contributed by atoms with E-state index in [0.717, 1.165) is 21.4 Å². The van der Waals surface area contributed by atoms with Crippen LogP contribution in [0, 0.1) is 0 Å². The minimum Gasteiger partial charge on any atom is -0.324 e. The van der Waals surface area contributed by atoms with E-state index in [4.69, 9.17) is 0 Å². The summed E-state index contributed by atoms with van der Waals surface area (Å²) in [6, 6.07) is 15.8. The van der Waals surface area contributed by atoms with Crippen LogP contribution in [0.25, 0.3) is 5.69 Å². The van der Waals surface area contributed by atoms with E-state index in [2.05, 4.69) is 38.3 Å². The van der Waals surface area contributed by atoms with Crippen molar-refractivity contribution >= 4 is 27.5 Å². The molecule has 1 atom stereocenters. The maximum Gasteiger partial charge on any atom is 0.238 e. The van der Waals surface area contributed by atoms with E-state index in [-0.39, 0.29) is 11.9 Å². The van der Waals surface area contributed by atoms with Crippen molar-refractivity contribution in [1.82, 2.24) is 19.7 Å². The van der Waals surface area contributed by atoms with Crippen LogP contribution in [0.2, 0.25) is 0 Å². The molecule has 134 valence electrons. The molecule has 1 N–H and O–H groups in total. The van der Waals surface area contributed by atoms with Crippen LogP contribution >= 0.6 is 15.9 Å². The van der Waals surface area contributed by atoms with E-state index in [0.29, 0.717) is 6.54 Å². The minimum atomic E-state index is -0.0505. The molecule has 0 aliphatic rings. The van der Waals surface area contributed by atoms with Crippen molar-refractivity contribution in [2.24, 2.45) is 0 Å². The number of amides is 1. The Kier molecular flexibility index (Phi) is 5.80. The highest BCUT2D eigenvalue weighted by molar-refractivity contribution is 9.10. The average molecular weight is 414 g/mol. The standard InChI is InChI=1S/C19H20BrN5O/c1-14(15-7-9-16(10-8-15)25-13-21-12-22-25)24(2)11-19(26)23-18-6-4-3-5-17(18)20/h3-10,12-14H,11H2,1-2H3,(H,23,26)/t14-/m1/s1. The minimum absolute atomic E-state index is 0.0505. The molecule has 3 aromatic rings. The van der Waals surface area contributed by atoms with Crippen molar-refractivity contribution in [3.05, 3.63) is 71.2 Å². The van der Waals surface area contributed by atoms with E-state index in [1.54, 1.807) is 11.0 Å². The van der Waals surface area contributed by atoms with Gasteiger partial charge < -0.3 is 5.32 Å². The molecule has 0 spiro atoms. The van der Waals surface area contributed by atoms with Gasteiger partial charge in [-0.05, 0) is 59.7 Å². The van der Waals surface area contributed by atoms with Gasteiger partial charge in [0.2, 0.25) is 5.91 Å². The van der Waals surface area contributed by atoms with Crippen molar-refractivity contribution < 1.29 is 4.79 Å². The number of rotatable bonds is 6. The summed E-state index contributed by atoms with van der Waals surface area (Å²) in [5.74, 6) is -0.0505. The molecule has 0 saturated carbocycles. The van der Waals surface area contributed by atoms with Crippen molar-refractivity contribution in [3.8, 4) is 5.69 Å². The van der Waals surface area contributed by atoms with Crippen LogP contribution < -0.4 is 5.32 Å². The second kappa shape index (κ2) is 8.25. The summed E-state index contributed by atoms with van der Waals surface area (Å²) in [5, 5.41) is 7.05. The van der Waals surface area contributed by atoms with Crippen molar-refractivity contribution in [2.75, 3.05) is 18.9 Å². The zero-order valence-corrected chi connectivity index (χ0v) is 16.2. The molecule has 0 aliphatic heterocycles. The van der Waals surface area contributed by atoms with Crippen LogP contribution in [0.1, 0.15) is 18.5 Å². The zero-order chi connectivity index (χ0) is 18.5. The van der Waals surface area contributed by atoms with Gasteiger partial charge in [0.25, 0.3) is 0 Å². The Morgan fingerprint density at radius 1 is 1.23 bits per heavy atom. The lowest BCUT2D eigenvalue weighted by molar-refractivity contribution is -0.117. The smallest absolute Gasteiger partial charge is 0.238 e. The number of nitrogens with zero attached hydrogens (tertiary/aromatic N) is 4. The fourth-order valence-corrected chi connectivity index (χ4v) is 3.00. The Labute approximate surface area is 161 Å². The molecule has 26 heavy (non-hydrogen) atoms. The molecular formula is C19H20BrN5O. The van der Waals surface area contributed by atoms with Crippen LogP contribution in [0.3, 0.4) is 0 Å². The molecule has 0 bridgehead atoms. The molecule has 3 rings (SSSR count). The molecule has 1 heterocycles. The lowest BCUT2D eigenvalue weighted by Gasteiger charge is -2.24. The van der Waals surface area contributed by atoms with E-state index >= 15 is 0 Å². The summed E-state index contributed by atoms with van der Waals surface area (Å²) in [4.78, 5) is 18.3. The van der Waals surface area contributed by atoms with Crippen molar-refractivity contribution in [3.63, 3.8) is 0 Å². The number of hydrogen-bond donors (Lipinski definition) is 1. The number of anilines is 1. The molecule has 6 nitrogen and oxygen atoms in total. The monoisotopic (exact) mass is 413 g/mol. The Bertz CT molecular complexity index is 864. The summed E-state index contributed by atoms with van der Waals surface area (Å²) in [7, 11) is 1.94. The second-order valence-electron chi connectivity index (χ2n) is 6.05. The van der Waals surface area contributed by atoms with Crippen LogP contribution in [-0.4, -0.2) is 39.2 Å². The van der Waals surface area contributed by atoms with Gasteiger partial charge in [0.1, 0.15) is 12.7 Å². The summed E-state index contributed by atoms with van der Waals surface area (Å²) < 4.78 is 2.58. The lowest BCUT2D eigenvalue weighted by Crippen LogP contribution is -2.32. The van der Waals surface area contributed by atoms with Gasteiger partial charge in [-0.2, -0.15) is 5.10 Å². The first kappa shape index (κ1) is 18.3. The van der Waals surface area contributed by atoms with Gasteiger partial charge in [0.05, 0.1) is 17.9 Å². The van der Waals surface area contributed by atoms with E-state index in [9.17, 15) is 4.79 Å². The van der Waals surface area contributed by atoms with Gasteiger partial charge in [0.15, 0.2) is 0 Å². The molecule has 0 radical (unpaired) electrons. The largest absolute Gasteiger partial charge is 0.324 e. The molecule has 2 aromatic carbocycles. The zero-order valence-electron chi connectivity index (χ0n) is 14.6. The average Bonchev–Trinajstić information content (AvgIpc) is 3.18. The summed E-state index contributed by atoms with van der Waals surface area (Å²) >= 11 is 3.44. The summed E-state index contributed by atoms with van der Waals surface area (Å²) in [6.45, 7) is 2.38. The normalized spacial score (nSPS) is 12.2. The quantitative estimate of drug-likeness (QED) is 0.669. The van der Waals surface area contributed by atoms with Gasteiger partial charge in [-0.15, -0.1) is 0 Å². The van der Waals surface area contributed by atoms with Gasteiger partial charge in [-0.1, -0.05) is 24.3 Å². The fraction of sp³-hybridized carbons (Fsp3) is 0.211. The lowest BCUT2D eigenvalue weighted by atomic mass is 10.1. The van der Waals surface area contributed by atoms with E-state index in [1.165, 1.54) is 6.33 Å².